The lowest BCUT2D eigenvalue weighted by atomic mass is 9.51. The molecule has 35 heavy (non-hydrogen) atoms. The fraction of sp³-hybridized carbons (Fsp3) is 0.625. The van der Waals surface area contributed by atoms with E-state index in [9.17, 15) is 10.2 Å². The minimum atomic E-state index is -0.943. The molecule has 0 saturated heterocycles. The number of hydrogen-bond donors (Lipinski definition) is 2. The number of fused-ring (bicyclic) bond motifs is 4. The second-order valence-corrected chi connectivity index (χ2v) is 13.0. The van der Waals surface area contributed by atoms with Crippen LogP contribution in [-0.2, 0) is 0 Å². The third-order valence-electron chi connectivity index (χ3n) is 9.47. The van der Waals surface area contributed by atoms with Crippen LogP contribution >= 0.6 is 0 Å². The van der Waals surface area contributed by atoms with Crippen molar-refractivity contribution in [1.82, 2.24) is 0 Å². The Morgan fingerprint density at radius 3 is 2.40 bits per heavy atom. The van der Waals surface area contributed by atoms with E-state index in [-0.39, 0.29) is 22.9 Å². The molecule has 2 saturated carbocycles. The number of rotatable bonds is 2. The molecule has 0 aromatic heterocycles. The fourth-order valence-electron chi connectivity index (χ4n) is 7.58. The lowest BCUT2D eigenvalue weighted by molar-refractivity contribution is -0.0515. The van der Waals surface area contributed by atoms with Crippen molar-refractivity contribution >= 4 is 5.69 Å². The Morgan fingerprint density at radius 2 is 1.74 bits per heavy atom. The van der Waals surface area contributed by atoms with Gasteiger partial charge in [-0.2, -0.15) is 0 Å². The van der Waals surface area contributed by atoms with E-state index in [2.05, 4.69) is 88.9 Å². The van der Waals surface area contributed by atoms with Gasteiger partial charge in [-0.25, -0.2) is 0 Å². The topological polar surface area (TPSA) is 43.7 Å². The second-order valence-electron chi connectivity index (χ2n) is 13.0. The van der Waals surface area contributed by atoms with Crippen LogP contribution in [0.4, 0.5) is 5.69 Å². The van der Waals surface area contributed by atoms with Crippen molar-refractivity contribution in [1.29, 1.82) is 0 Å². The van der Waals surface area contributed by atoms with Crippen molar-refractivity contribution < 1.29 is 10.2 Å². The van der Waals surface area contributed by atoms with E-state index >= 15 is 0 Å². The molecule has 5 rings (SSSR count). The van der Waals surface area contributed by atoms with E-state index < -0.39 is 5.60 Å². The third kappa shape index (κ3) is 4.17. The summed E-state index contributed by atoms with van der Waals surface area (Å²) in [5, 5.41) is 22.4. The molecule has 2 N–H and O–H groups in total. The molecule has 0 heterocycles. The van der Waals surface area contributed by atoms with Gasteiger partial charge < -0.3 is 15.1 Å². The summed E-state index contributed by atoms with van der Waals surface area (Å²) in [6, 6.07) is 9.07. The molecule has 4 aliphatic carbocycles. The highest BCUT2D eigenvalue weighted by atomic mass is 16.3. The lowest BCUT2D eigenvalue weighted by Crippen LogP contribution is -2.51. The summed E-state index contributed by atoms with van der Waals surface area (Å²) in [7, 11) is 4.17. The van der Waals surface area contributed by atoms with Crippen LogP contribution in [0.5, 0.6) is 0 Å². The van der Waals surface area contributed by atoms with Crippen molar-refractivity contribution in [2.45, 2.75) is 90.3 Å². The molecule has 1 unspecified atom stereocenters. The van der Waals surface area contributed by atoms with Crippen LogP contribution in [0.15, 0.2) is 47.1 Å². The summed E-state index contributed by atoms with van der Waals surface area (Å²) in [6.07, 6.45) is 8.53. The highest BCUT2D eigenvalue weighted by molar-refractivity contribution is 5.52. The summed E-state index contributed by atoms with van der Waals surface area (Å²) >= 11 is 0. The first-order chi connectivity index (χ1) is 16.4. The third-order valence-corrected chi connectivity index (χ3v) is 9.47. The monoisotopic (exact) mass is 473 g/mol. The van der Waals surface area contributed by atoms with Gasteiger partial charge in [0.25, 0.3) is 0 Å². The van der Waals surface area contributed by atoms with Crippen LogP contribution < -0.4 is 4.90 Å². The maximum Gasteiger partial charge on any atom is 0.131 e. The average molecular weight is 474 g/mol. The number of aliphatic hydroxyl groups is 2. The first-order valence-electron chi connectivity index (χ1n) is 13.6. The van der Waals surface area contributed by atoms with Crippen molar-refractivity contribution in [3.63, 3.8) is 0 Å². The second kappa shape index (κ2) is 8.53. The maximum absolute atomic E-state index is 12.1. The quantitative estimate of drug-likeness (QED) is 0.501. The molecule has 0 bridgehead atoms. The van der Waals surface area contributed by atoms with Gasteiger partial charge in [-0.05, 0) is 106 Å². The minimum absolute atomic E-state index is 0.124. The fourth-order valence-corrected chi connectivity index (χ4v) is 7.58. The highest BCUT2D eigenvalue weighted by Crippen LogP contribution is 2.66. The Kier molecular flexibility index (Phi) is 6.01. The van der Waals surface area contributed by atoms with Gasteiger partial charge in [0.05, 0.1) is 6.10 Å². The Morgan fingerprint density at radius 1 is 1.03 bits per heavy atom. The average Bonchev–Trinajstić information content (AvgIpc) is 3.07. The van der Waals surface area contributed by atoms with Gasteiger partial charge in [0.1, 0.15) is 5.60 Å². The molecule has 4 aliphatic rings. The minimum Gasteiger partial charge on any atom is -0.389 e. The molecule has 0 amide bonds. The largest absolute Gasteiger partial charge is 0.389 e. The number of allylic oxidation sites excluding steroid dienone is 3. The Hall–Kier alpha value is -2.02. The zero-order chi connectivity index (χ0) is 25.2. The molecular weight excluding hydrogens is 430 g/mol. The van der Waals surface area contributed by atoms with Crippen LogP contribution in [0.3, 0.4) is 0 Å². The maximum atomic E-state index is 12.1. The van der Waals surface area contributed by atoms with Gasteiger partial charge in [-0.3, -0.25) is 0 Å². The van der Waals surface area contributed by atoms with Crippen LogP contribution in [0.1, 0.15) is 84.1 Å². The number of aliphatic hydroxyl groups excluding tert-OH is 1. The molecule has 0 aliphatic heterocycles. The molecule has 1 aromatic carbocycles. The molecular formula is C32H43NO2. The first-order valence-corrected chi connectivity index (χ1v) is 13.6. The predicted octanol–water partition coefficient (Wildman–Crippen LogP) is 6.22. The Labute approximate surface area is 212 Å². The van der Waals surface area contributed by atoms with Crippen molar-refractivity contribution in [3.05, 3.63) is 52.6 Å². The SMILES string of the molecule is CN(C)c1ccc([C@H]2C[C@@]3(C)[C@@H](CC[C@@]3(O)C#CC(C)(C)C)[C@@H]3CCC4=CC(O)CCC4=C32)cc1. The predicted molar refractivity (Wildman–Crippen MR) is 144 cm³/mol. The van der Waals surface area contributed by atoms with E-state index in [4.69, 9.17) is 0 Å². The van der Waals surface area contributed by atoms with Crippen molar-refractivity contribution in [3.8, 4) is 11.8 Å². The van der Waals surface area contributed by atoms with E-state index in [1.54, 1.807) is 5.57 Å². The number of anilines is 1. The molecule has 2 fully saturated rings. The summed E-state index contributed by atoms with van der Waals surface area (Å²) < 4.78 is 0. The molecule has 0 radical (unpaired) electrons. The lowest BCUT2D eigenvalue weighted by Gasteiger charge is -2.54. The van der Waals surface area contributed by atoms with E-state index in [1.807, 2.05) is 0 Å². The summed E-state index contributed by atoms with van der Waals surface area (Å²) in [5.41, 5.74) is 5.78. The molecule has 0 spiro atoms. The normalized spacial score (nSPS) is 36.4. The van der Waals surface area contributed by atoms with Gasteiger partial charge in [0.15, 0.2) is 0 Å². The smallest absolute Gasteiger partial charge is 0.131 e. The number of hydrogen-bond acceptors (Lipinski definition) is 3. The highest BCUT2D eigenvalue weighted by Gasteiger charge is 2.62. The van der Waals surface area contributed by atoms with Gasteiger partial charge >= 0.3 is 0 Å². The molecule has 1 aromatic rings. The van der Waals surface area contributed by atoms with E-state index in [1.165, 1.54) is 22.4 Å². The van der Waals surface area contributed by atoms with Crippen LogP contribution in [0.2, 0.25) is 0 Å². The molecule has 188 valence electrons. The Bertz CT molecular complexity index is 1110. The summed E-state index contributed by atoms with van der Waals surface area (Å²) in [6.45, 7) is 8.72. The molecule has 6 atom stereocenters. The molecule has 3 nitrogen and oxygen atoms in total. The van der Waals surface area contributed by atoms with Crippen molar-refractivity contribution in [2.75, 3.05) is 19.0 Å². The van der Waals surface area contributed by atoms with Gasteiger partial charge in [0, 0.05) is 36.5 Å². The Balaban J connectivity index is 1.64. The van der Waals surface area contributed by atoms with E-state index in [0.29, 0.717) is 11.8 Å². The number of benzene rings is 1. The summed E-state index contributed by atoms with van der Waals surface area (Å²) in [5.74, 6) is 8.06. The summed E-state index contributed by atoms with van der Waals surface area (Å²) in [4.78, 5) is 2.15. The van der Waals surface area contributed by atoms with Crippen LogP contribution in [0.25, 0.3) is 0 Å². The van der Waals surface area contributed by atoms with Gasteiger partial charge in [0.2, 0.25) is 0 Å². The zero-order valence-corrected chi connectivity index (χ0v) is 22.5. The number of nitrogens with zero attached hydrogens (tertiary/aromatic N) is 1. The van der Waals surface area contributed by atoms with Gasteiger partial charge in [-0.15, -0.1) is 0 Å². The van der Waals surface area contributed by atoms with Crippen molar-refractivity contribution in [2.24, 2.45) is 22.7 Å². The van der Waals surface area contributed by atoms with E-state index in [0.717, 1.165) is 44.9 Å². The first kappa shape index (κ1) is 24.7. The zero-order valence-electron chi connectivity index (χ0n) is 22.5. The molecule has 3 heteroatoms. The standard InChI is InChI=1S/C32H43NO2/c1-30(2,3)17-18-32(35)16-15-28-26-13-9-22-19-24(34)12-14-25(22)29(26)27(20-31(28,32)4)21-7-10-23(11-8-21)33(5)6/h7-8,10-11,19,24,26-28,34-35H,9,12-16,20H2,1-6H3/t24?,26-,27+,28-,31-,32+/m0/s1. The van der Waals surface area contributed by atoms with Crippen LogP contribution in [-0.4, -0.2) is 36.0 Å². The van der Waals surface area contributed by atoms with Gasteiger partial charge in [-0.1, -0.05) is 42.5 Å². The van der Waals surface area contributed by atoms with Crippen LogP contribution in [0, 0.1) is 34.5 Å².